The molecule has 0 heterocycles. The average Bonchev–Trinajstić information content (AvgIpc) is 3.55. The molecule has 0 spiro atoms. The van der Waals surface area contributed by atoms with E-state index in [-0.39, 0.29) is 5.41 Å². The molecule has 0 aromatic heterocycles. The quantitative estimate of drug-likeness (QED) is 0.152. The lowest BCUT2D eigenvalue weighted by Crippen LogP contribution is -2.18. The van der Waals surface area contributed by atoms with Crippen LogP contribution in [0.5, 0.6) is 0 Å². The number of anilines is 6. The van der Waals surface area contributed by atoms with Crippen LogP contribution < -0.4 is 9.80 Å². The van der Waals surface area contributed by atoms with Gasteiger partial charge in [0.25, 0.3) is 0 Å². The highest BCUT2D eigenvalue weighted by molar-refractivity contribution is 6.05. The SMILES string of the molecule is CC1(C)c2cc(N(c3ccc(-c4ccccc4)cc3)c3ccc(-c4ccccc4)cc3)ccc2-c2ccc(N(c3cccc4ccccc34)c3cccc4ccccc34)cc21. The molecule has 11 rings (SSSR count). The Morgan fingerprint density at radius 2 is 0.656 bits per heavy atom. The smallest absolute Gasteiger partial charge is 0.0540 e. The number of fused-ring (bicyclic) bond motifs is 5. The molecule has 0 fully saturated rings. The first-order valence-electron chi connectivity index (χ1n) is 21.2. The molecule has 0 aliphatic heterocycles. The first-order valence-corrected chi connectivity index (χ1v) is 21.2. The van der Waals surface area contributed by atoms with Crippen molar-refractivity contribution in [3.05, 3.63) is 242 Å². The molecule has 0 radical (unpaired) electrons. The van der Waals surface area contributed by atoms with E-state index in [2.05, 4.69) is 254 Å². The van der Waals surface area contributed by atoms with Gasteiger partial charge in [-0.25, -0.2) is 0 Å². The molecule has 10 aromatic carbocycles. The molecule has 2 heteroatoms. The largest absolute Gasteiger partial charge is 0.310 e. The number of benzene rings is 10. The summed E-state index contributed by atoms with van der Waals surface area (Å²) in [5, 5.41) is 4.89. The van der Waals surface area contributed by atoms with Gasteiger partial charge in [0, 0.05) is 38.9 Å². The highest BCUT2D eigenvalue weighted by Crippen LogP contribution is 2.53. The van der Waals surface area contributed by atoms with Crippen LogP contribution in [-0.4, -0.2) is 0 Å². The van der Waals surface area contributed by atoms with Crippen LogP contribution in [0.2, 0.25) is 0 Å². The molecule has 10 aromatic rings. The first kappa shape index (κ1) is 36.4. The van der Waals surface area contributed by atoms with E-state index in [0.29, 0.717) is 0 Å². The van der Waals surface area contributed by atoms with Crippen molar-refractivity contribution in [3.8, 4) is 33.4 Å². The minimum atomic E-state index is -0.264. The Morgan fingerprint density at radius 1 is 0.295 bits per heavy atom. The van der Waals surface area contributed by atoms with Gasteiger partial charge >= 0.3 is 0 Å². The maximum atomic E-state index is 2.47. The molecule has 61 heavy (non-hydrogen) atoms. The molecule has 290 valence electrons. The van der Waals surface area contributed by atoms with Crippen molar-refractivity contribution < 1.29 is 0 Å². The Hall–Kier alpha value is -7.68. The highest BCUT2D eigenvalue weighted by Gasteiger charge is 2.37. The van der Waals surface area contributed by atoms with E-state index in [1.165, 1.54) is 66.1 Å². The fraction of sp³-hybridized carbons (Fsp3) is 0.0508. The third-order valence-electron chi connectivity index (χ3n) is 12.6. The number of nitrogens with zero attached hydrogens (tertiary/aromatic N) is 2. The molecule has 0 N–H and O–H groups in total. The lowest BCUT2D eigenvalue weighted by atomic mass is 9.82. The zero-order valence-electron chi connectivity index (χ0n) is 34.3. The van der Waals surface area contributed by atoms with Crippen LogP contribution in [0.15, 0.2) is 231 Å². The number of rotatable bonds is 8. The minimum Gasteiger partial charge on any atom is -0.310 e. The second-order valence-corrected chi connectivity index (χ2v) is 16.6. The van der Waals surface area contributed by atoms with Gasteiger partial charge in [-0.3, -0.25) is 0 Å². The summed E-state index contributed by atoms with van der Waals surface area (Å²) in [6, 6.07) is 84.1. The van der Waals surface area contributed by atoms with Crippen LogP contribution in [0.3, 0.4) is 0 Å². The zero-order chi connectivity index (χ0) is 40.9. The molecule has 1 aliphatic carbocycles. The second-order valence-electron chi connectivity index (χ2n) is 16.6. The molecular weight excluding hydrogens is 737 g/mol. The van der Waals surface area contributed by atoms with E-state index < -0.39 is 0 Å². The summed E-state index contributed by atoms with van der Waals surface area (Å²) in [4.78, 5) is 4.87. The molecular formula is C59H44N2. The van der Waals surface area contributed by atoms with Crippen molar-refractivity contribution in [2.75, 3.05) is 9.80 Å². The lowest BCUT2D eigenvalue weighted by molar-refractivity contribution is 0.660. The fourth-order valence-corrected chi connectivity index (χ4v) is 9.52. The maximum absolute atomic E-state index is 2.47. The average molecular weight is 781 g/mol. The Balaban J connectivity index is 1.03. The van der Waals surface area contributed by atoms with Gasteiger partial charge in [-0.1, -0.05) is 184 Å². The zero-order valence-corrected chi connectivity index (χ0v) is 34.3. The second kappa shape index (κ2) is 14.9. The normalized spacial score (nSPS) is 12.6. The maximum Gasteiger partial charge on any atom is 0.0540 e. The monoisotopic (exact) mass is 780 g/mol. The van der Waals surface area contributed by atoms with Crippen LogP contribution in [0, 0.1) is 0 Å². The number of hydrogen-bond acceptors (Lipinski definition) is 2. The van der Waals surface area contributed by atoms with E-state index in [1.54, 1.807) is 0 Å². The van der Waals surface area contributed by atoms with Crippen LogP contribution in [0.4, 0.5) is 34.1 Å². The third kappa shape index (κ3) is 6.36. The van der Waals surface area contributed by atoms with Gasteiger partial charge in [0.15, 0.2) is 0 Å². The summed E-state index contributed by atoms with van der Waals surface area (Å²) in [7, 11) is 0. The van der Waals surface area contributed by atoms with Crippen molar-refractivity contribution in [3.63, 3.8) is 0 Å². The van der Waals surface area contributed by atoms with Crippen molar-refractivity contribution in [1.82, 2.24) is 0 Å². The molecule has 0 bridgehead atoms. The summed E-state index contributed by atoms with van der Waals surface area (Å²) >= 11 is 0. The molecule has 0 saturated heterocycles. The van der Waals surface area contributed by atoms with Crippen molar-refractivity contribution in [2.24, 2.45) is 0 Å². The van der Waals surface area contributed by atoms with Crippen LogP contribution in [0.1, 0.15) is 25.0 Å². The predicted octanol–water partition coefficient (Wildman–Crippen LogP) is 16.6. The molecule has 0 saturated carbocycles. The Kier molecular flexibility index (Phi) is 8.86. The van der Waals surface area contributed by atoms with Gasteiger partial charge in [-0.2, -0.15) is 0 Å². The molecule has 0 unspecified atom stereocenters. The van der Waals surface area contributed by atoms with Crippen molar-refractivity contribution >= 4 is 55.7 Å². The van der Waals surface area contributed by atoms with Gasteiger partial charge in [0.1, 0.15) is 0 Å². The van der Waals surface area contributed by atoms with Gasteiger partial charge in [-0.05, 0) is 116 Å². The topological polar surface area (TPSA) is 6.48 Å². The standard InChI is InChI=1S/C59H44N2/c1-59(2)55-39-49(60(47-31-27-43(28-32-47)41-15-5-3-6-16-41)48-33-29-44(30-34-48)42-17-7-4-8-18-42)35-37-53(55)54-38-36-50(40-56(54)59)61(57-25-13-21-45-19-9-11-23-51(45)57)58-26-14-22-46-20-10-12-24-52(46)58/h3-40H,1-2H3. The Bertz CT molecular complexity index is 3030. The fourth-order valence-electron chi connectivity index (χ4n) is 9.52. The van der Waals surface area contributed by atoms with Crippen molar-refractivity contribution in [1.29, 1.82) is 0 Å². The van der Waals surface area contributed by atoms with E-state index in [9.17, 15) is 0 Å². The molecule has 0 amide bonds. The summed E-state index contributed by atoms with van der Waals surface area (Å²) in [5.74, 6) is 0. The number of hydrogen-bond donors (Lipinski definition) is 0. The summed E-state index contributed by atoms with van der Waals surface area (Å²) in [6.07, 6.45) is 0. The van der Waals surface area contributed by atoms with Gasteiger partial charge in [-0.15, -0.1) is 0 Å². The van der Waals surface area contributed by atoms with Crippen LogP contribution in [0.25, 0.3) is 54.9 Å². The van der Waals surface area contributed by atoms with Gasteiger partial charge < -0.3 is 9.80 Å². The molecule has 2 nitrogen and oxygen atoms in total. The lowest BCUT2D eigenvalue weighted by Gasteiger charge is -2.30. The highest BCUT2D eigenvalue weighted by atomic mass is 15.1. The first-order chi connectivity index (χ1) is 30.0. The van der Waals surface area contributed by atoms with Crippen molar-refractivity contribution in [2.45, 2.75) is 19.3 Å². The van der Waals surface area contributed by atoms with E-state index in [4.69, 9.17) is 0 Å². The third-order valence-corrected chi connectivity index (χ3v) is 12.6. The van der Waals surface area contributed by atoms with E-state index >= 15 is 0 Å². The van der Waals surface area contributed by atoms with E-state index in [1.807, 2.05) is 0 Å². The predicted molar refractivity (Wildman–Crippen MR) is 259 cm³/mol. The molecule has 1 aliphatic rings. The summed E-state index contributed by atoms with van der Waals surface area (Å²) in [6.45, 7) is 4.78. The van der Waals surface area contributed by atoms with E-state index in [0.717, 1.165) is 34.1 Å². The molecule has 0 atom stereocenters. The van der Waals surface area contributed by atoms with Crippen LogP contribution >= 0.6 is 0 Å². The van der Waals surface area contributed by atoms with Gasteiger partial charge in [0.2, 0.25) is 0 Å². The minimum absolute atomic E-state index is 0.264. The summed E-state index contributed by atoms with van der Waals surface area (Å²) < 4.78 is 0. The van der Waals surface area contributed by atoms with Crippen LogP contribution in [-0.2, 0) is 5.41 Å². The Morgan fingerprint density at radius 3 is 1.11 bits per heavy atom. The Labute approximate surface area is 358 Å². The van der Waals surface area contributed by atoms with Gasteiger partial charge in [0.05, 0.1) is 11.4 Å². The summed E-state index contributed by atoms with van der Waals surface area (Å²) in [5.41, 5.74) is 16.6.